The Morgan fingerprint density at radius 3 is 2.90 bits per heavy atom. The van der Waals surface area contributed by atoms with Crippen molar-refractivity contribution >= 4 is 5.69 Å². The third kappa shape index (κ3) is 4.13. The molecule has 0 aliphatic carbocycles. The van der Waals surface area contributed by atoms with E-state index < -0.39 is 0 Å². The molecule has 0 fully saturated rings. The van der Waals surface area contributed by atoms with Gasteiger partial charge in [0.2, 0.25) is 0 Å². The number of benzene rings is 1. The highest BCUT2D eigenvalue weighted by molar-refractivity contribution is 5.35. The first-order valence-corrected chi connectivity index (χ1v) is 7.07. The molecule has 2 aromatic rings. The number of hydrogen-bond acceptors (Lipinski definition) is 4. The van der Waals surface area contributed by atoms with Gasteiger partial charge in [-0.3, -0.25) is 14.8 Å². The molecule has 21 heavy (non-hydrogen) atoms. The van der Waals surface area contributed by atoms with E-state index in [1.54, 1.807) is 12.1 Å². The van der Waals surface area contributed by atoms with Gasteiger partial charge < -0.3 is 5.32 Å². The molecular formula is C15H20N4O2. The highest BCUT2D eigenvalue weighted by Gasteiger charge is 2.12. The monoisotopic (exact) mass is 288 g/mol. The van der Waals surface area contributed by atoms with E-state index in [0.717, 1.165) is 30.6 Å². The molecule has 6 heteroatoms. The van der Waals surface area contributed by atoms with Crippen LogP contribution in [0, 0.1) is 17.0 Å². The molecule has 1 unspecified atom stereocenters. The molecule has 0 aliphatic rings. The normalized spacial score (nSPS) is 12.3. The van der Waals surface area contributed by atoms with E-state index in [1.165, 1.54) is 6.07 Å². The van der Waals surface area contributed by atoms with Gasteiger partial charge in [-0.1, -0.05) is 19.1 Å². The van der Waals surface area contributed by atoms with Gasteiger partial charge in [0.15, 0.2) is 0 Å². The molecule has 0 radical (unpaired) electrons. The van der Waals surface area contributed by atoms with Crippen molar-refractivity contribution in [2.45, 2.75) is 32.9 Å². The van der Waals surface area contributed by atoms with Crippen molar-refractivity contribution in [1.29, 1.82) is 0 Å². The highest BCUT2D eigenvalue weighted by atomic mass is 16.6. The Hall–Kier alpha value is -2.21. The predicted molar refractivity (Wildman–Crippen MR) is 81.1 cm³/mol. The lowest BCUT2D eigenvalue weighted by Gasteiger charge is -2.17. The van der Waals surface area contributed by atoms with Crippen molar-refractivity contribution in [3.63, 3.8) is 0 Å². The zero-order chi connectivity index (χ0) is 15.2. The summed E-state index contributed by atoms with van der Waals surface area (Å²) in [6.07, 6.45) is 4.70. The van der Waals surface area contributed by atoms with Crippen LogP contribution in [0.15, 0.2) is 36.7 Å². The van der Waals surface area contributed by atoms with E-state index in [0.29, 0.717) is 0 Å². The number of aromatic nitrogens is 2. The summed E-state index contributed by atoms with van der Waals surface area (Å²) >= 11 is 0. The Kier molecular flexibility index (Phi) is 5.05. The second-order valence-electron chi connectivity index (χ2n) is 5.05. The van der Waals surface area contributed by atoms with Crippen LogP contribution in [0.4, 0.5) is 5.69 Å². The molecule has 2 rings (SSSR count). The van der Waals surface area contributed by atoms with E-state index in [9.17, 15) is 10.1 Å². The second kappa shape index (κ2) is 6.99. The van der Waals surface area contributed by atoms with Gasteiger partial charge in [-0.15, -0.1) is 0 Å². The Morgan fingerprint density at radius 2 is 2.29 bits per heavy atom. The summed E-state index contributed by atoms with van der Waals surface area (Å²) in [5.74, 6) is 0. The number of hydrogen-bond donors (Lipinski definition) is 1. The molecule has 1 aromatic heterocycles. The van der Waals surface area contributed by atoms with Crippen molar-refractivity contribution in [3.8, 4) is 0 Å². The fourth-order valence-electron chi connectivity index (χ4n) is 2.30. The number of nitrogens with one attached hydrogen (secondary N) is 1. The molecule has 0 amide bonds. The van der Waals surface area contributed by atoms with Crippen LogP contribution in [0.2, 0.25) is 0 Å². The average molecular weight is 288 g/mol. The van der Waals surface area contributed by atoms with E-state index >= 15 is 0 Å². The maximum atomic E-state index is 10.8. The molecular weight excluding hydrogens is 268 g/mol. The molecule has 1 N–H and O–H groups in total. The first kappa shape index (κ1) is 15.2. The average Bonchev–Trinajstić information content (AvgIpc) is 2.89. The largest absolute Gasteiger partial charge is 0.308 e. The molecule has 6 nitrogen and oxygen atoms in total. The minimum Gasteiger partial charge on any atom is -0.308 e. The number of nitro benzene ring substituents is 1. The lowest BCUT2D eigenvalue weighted by Crippen LogP contribution is -2.25. The van der Waals surface area contributed by atoms with Crippen molar-refractivity contribution in [1.82, 2.24) is 15.1 Å². The van der Waals surface area contributed by atoms with E-state index in [1.807, 2.05) is 30.1 Å². The first-order chi connectivity index (χ1) is 10.1. The Morgan fingerprint density at radius 1 is 1.48 bits per heavy atom. The molecule has 1 aromatic carbocycles. The van der Waals surface area contributed by atoms with Crippen LogP contribution < -0.4 is 5.32 Å². The van der Waals surface area contributed by atoms with Crippen molar-refractivity contribution < 1.29 is 4.92 Å². The number of non-ortho nitro benzene ring substituents is 1. The molecule has 0 spiro atoms. The van der Waals surface area contributed by atoms with Crippen LogP contribution in [0.1, 0.15) is 30.5 Å². The summed E-state index contributed by atoms with van der Waals surface area (Å²) in [6, 6.07) is 6.92. The fraction of sp³-hybridized carbons (Fsp3) is 0.400. The minimum atomic E-state index is -0.358. The van der Waals surface area contributed by atoms with E-state index in [2.05, 4.69) is 17.3 Å². The van der Waals surface area contributed by atoms with E-state index in [-0.39, 0.29) is 16.7 Å². The summed E-state index contributed by atoms with van der Waals surface area (Å²) in [7, 11) is 0. The van der Waals surface area contributed by atoms with Crippen LogP contribution in [0.5, 0.6) is 0 Å². The van der Waals surface area contributed by atoms with Crippen molar-refractivity contribution in [2.75, 3.05) is 6.54 Å². The van der Waals surface area contributed by atoms with Gasteiger partial charge in [0, 0.05) is 30.9 Å². The number of rotatable bonds is 7. The van der Waals surface area contributed by atoms with Gasteiger partial charge in [0.25, 0.3) is 5.69 Å². The summed E-state index contributed by atoms with van der Waals surface area (Å²) in [4.78, 5) is 10.5. The number of nitro groups is 1. The lowest BCUT2D eigenvalue weighted by atomic mass is 10.0. The first-order valence-electron chi connectivity index (χ1n) is 7.07. The molecule has 1 atom stereocenters. The Labute approximate surface area is 123 Å². The maximum absolute atomic E-state index is 10.8. The molecule has 1 heterocycles. The Balaban J connectivity index is 1.96. The fourth-order valence-corrected chi connectivity index (χ4v) is 2.30. The summed E-state index contributed by atoms with van der Waals surface area (Å²) in [5, 5.41) is 18.5. The molecule has 112 valence electrons. The molecule has 0 saturated carbocycles. The third-order valence-corrected chi connectivity index (χ3v) is 3.39. The van der Waals surface area contributed by atoms with E-state index in [4.69, 9.17) is 0 Å². The SMILES string of the molecule is CCC(NCCn1cc(C)cn1)c1cccc([N+](=O)[O-])c1. The van der Waals surface area contributed by atoms with Gasteiger partial charge in [-0.25, -0.2) is 0 Å². The van der Waals surface area contributed by atoms with Crippen LogP contribution in [-0.4, -0.2) is 21.2 Å². The van der Waals surface area contributed by atoms with Crippen molar-refractivity contribution in [3.05, 3.63) is 57.9 Å². The molecule has 0 aliphatic heterocycles. The van der Waals surface area contributed by atoms with Gasteiger partial charge in [0.1, 0.15) is 0 Å². The maximum Gasteiger partial charge on any atom is 0.269 e. The minimum absolute atomic E-state index is 0.113. The van der Waals surface area contributed by atoms with Crippen LogP contribution >= 0.6 is 0 Å². The summed E-state index contributed by atoms with van der Waals surface area (Å²) < 4.78 is 1.89. The highest BCUT2D eigenvalue weighted by Crippen LogP contribution is 2.21. The topological polar surface area (TPSA) is 73.0 Å². The zero-order valence-corrected chi connectivity index (χ0v) is 12.3. The molecule has 0 bridgehead atoms. The van der Waals surface area contributed by atoms with Crippen LogP contribution in [-0.2, 0) is 6.54 Å². The van der Waals surface area contributed by atoms with Crippen LogP contribution in [0.3, 0.4) is 0 Å². The van der Waals surface area contributed by atoms with Gasteiger partial charge in [-0.2, -0.15) is 5.10 Å². The van der Waals surface area contributed by atoms with Crippen molar-refractivity contribution in [2.24, 2.45) is 0 Å². The van der Waals surface area contributed by atoms with Crippen LogP contribution in [0.25, 0.3) is 0 Å². The van der Waals surface area contributed by atoms with Gasteiger partial charge in [-0.05, 0) is 24.5 Å². The Bertz CT molecular complexity index is 609. The van der Waals surface area contributed by atoms with Gasteiger partial charge >= 0.3 is 0 Å². The second-order valence-corrected chi connectivity index (χ2v) is 5.05. The quantitative estimate of drug-likeness (QED) is 0.628. The lowest BCUT2D eigenvalue weighted by molar-refractivity contribution is -0.384. The third-order valence-electron chi connectivity index (χ3n) is 3.39. The standard InChI is InChI=1S/C15H20N4O2/c1-3-15(13-5-4-6-14(9-13)19(20)21)16-7-8-18-11-12(2)10-17-18/h4-6,9-11,15-16H,3,7-8H2,1-2H3. The number of nitrogens with zero attached hydrogens (tertiary/aromatic N) is 3. The summed E-state index contributed by atoms with van der Waals surface area (Å²) in [5.41, 5.74) is 2.22. The number of aryl methyl sites for hydroxylation is 1. The predicted octanol–water partition coefficient (Wildman–Crippen LogP) is 2.84. The summed E-state index contributed by atoms with van der Waals surface area (Å²) in [6.45, 7) is 5.62. The van der Waals surface area contributed by atoms with Gasteiger partial charge in [0.05, 0.1) is 17.7 Å². The smallest absolute Gasteiger partial charge is 0.269 e. The zero-order valence-electron chi connectivity index (χ0n) is 12.3. The molecule has 0 saturated heterocycles.